The number of nitrogens with one attached hydrogen (secondary N) is 1. The number of nitro benzene ring substituents is 1. The number of non-ortho nitro benzene ring substituents is 1. The molecule has 8 nitrogen and oxygen atoms in total. The molecule has 8 heteroatoms. The van der Waals surface area contributed by atoms with Gasteiger partial charge >= 0.3 is 5.97 Å². The van der Waals surface area contributed by atoms with E-state index in [4.69, 9.17) is 0 Å². The van der Waals surface area contributed by atoms with E-state index in [1.54, 1.807) is 6.92 Å². The van der Waals surface area contributed by atoms with Crippen molar-refractivity contribution in [1.82, 2.24) is 9.97 Å². The summed E-state index contributed by atoms with van der Waals surface area (Å²) in [7, 11) is 0. The van der Waals surface area contributed by atoms with Crippen LogP contribution in [0.1, 0.15) is 17.4 Å². The normalized spacial score (nSPS) is 10.4. The van der Waals surface area contributed by atoms with Gasteiger partial charge in [0, 0.05) is 12.1 Å². The number of nitro groups is 1. The molecule has 1 aromatic heterocycles. The van der Waals surface area contributed by atoms with E-state index in [0.29, 0.717) is 5.52 Å². The molecule has 0 unspecified atom stereocenters. The van der Waals surface area contributed by atoms with E-state index >= 15 is 0 Å². The van der Waals surface area contributed by atoms with Gasteiger partial charge in [0.1, 0.15) is 0 Å². The number of aromatic nitrogens is 2. The minimum atomic E-state index is -0.864. The van der Waals surface area contributed by atoms with Crippen molar-refractivity contribution in [3.05, 3.63) is 44.4 Å². The Morgan fingerprint density at radius 2 is 2.26 bits per heavy atom. The number of carbonyl (C=O) groups excluding carboxylic acids is 1. The summed E-state index contributed by atoms with van der Waals surface area (Å²) in [5, 5.41) is 10.6. The van der Waals surface area contributed by atoms with Crippen LogP contribution in [-0.2, 0) is 4.74 Å². The topological polar surface area (TPSA) is 115 Å². The first-order valence-electron chi connectivity index (χ1n) is 5.38. The molecule has 0 bridgehead atoms. The number of fused-ring (bicyclic) bond motifs is 1. The van der Waals surface area contributed by atoms with Gasteiger partial charge < -0.3 is 9.72 Å². The first-order chi connectivity index (χ1) is 9.02. The van der Waals surface area contributed by atoms with Gasteiger partial charge in [-0.05, 0) is 13.0 Å². The van der Waals surface area contributed by atoms with Crippen LogP contribution < -0.4 is 5.56 Å². The molecule has 0 atom stereocenters. The van der Waals surface area contributed by atoms with Gasteiger partial charge in [-0.25, -0.2) is 9.78 Å². The molecule has 0 aliphatic carbocycles. The first-order valence-corrected chi connectivity index (χ1v) is 5.38. The molecule has 19 heavy (non-hydrogen) atoms. The number of H-pyrrole nitrogens is 1. The highest BCUT2D eigenvalue weighted by Crippen LogP contribution is 2.16. The number of nitrogens with zero attached hydrogens (tertiary/aromatic N) is 2. The van der Waals surface area contributed by atoms with Gasteiger partial charge in [-0.1, -0.05) is 0 Å². The quantitative estimate of drug-likeness (QED) is 0.502. The highest BCUT2D eigenvalue weighted by Gasteiger charge is 2.16. The minimum Gasteiger partial charge on any atom is -0.461 e. The largest absolute Gasteiger partial charge is 0.461 e. The Labute approximate surface area is 106 Å². The van der Waals surface area contributed by atoms with E-state index in [9.17, 15) is 19.7 Å². The van der Waals surface area contributed by atoms with Gasteiger partial charge in [0.15, 0.2) is 0 Å². The third-order valence-electron chi connectivity index (χ3n) is 2.36. The SMILES string of the molecule is CCOC(=O)c1nc2cc([N+](=O)[O-])ccc2[nH]c1=O. The summed E-state index contributed by atoms with van der Waals surface area (Å²) in [6, 6.07) is 3.77. The van der Waals surface area contributed by atoms with Crippen molar-refractivity contribution in [2.75, 3.05) is 6.61 Å². The van der Waals surface area contributed by atoms with E-state index in [1.165, 1.54) is 18.2 Å². The van der Waals surface area contributed by atoms with Crippen LogP contribution in [0, 0.1) is 10.1 Å². The van der Waals surface area contributed by atoms with Crippen LogP contribution in [0.3, 0.4) is 0 Å². The maximum Gasteiger partial charge on any atom is 0.362 e. The van der Waals surface area contributed by atoms with Gasteiger partial charge in [0.25, 0.3) is 11.2 Å². The van der Waals surface area contributed by atoms with E-state index in [1.807, 2.05) is 0 Å². The molecular weight excluding hydrogens is 254 g/mol. The standard InChI is InChI=1S/C11H9N3O5/c1-2-19-11(16)9-10(15)13-7-4-3-6(14(17)18)5-8(7)12-9/h3-5H,2H2,1H3,(H,13,15). The maximum absolute atomic E-state index is 11.6. The van der Waals surface area contributed by atoms with Gasteiger partial charge in [0.2, 0.25) is 5.69 Å². The lowest BCUT2D eigenvalue weighted by molar-refractivity contribution is -0.384. The minimum absolute atomic E-state index is 0.104. The number of aromatic amines is 1. The summed E-state index contributed by atoms with van der Waals surface area (Å²) >= 11 is 0. The van der Waals surface area contributed by atoms with Crippen molar-refractivity contribution < 1.29 is 14.5 Å². The van der Waals surface area contributed by atoms with Crippen LogP contribution in [0.25, 0.3) is 11.0 Å². The molecule has 0 aliphatic heterocycles. The third kappa shape index (κ3) is 2.41. The molecule has 2 aromatic rings. The molecule has 0 fully saturated rings. The number of hydrogen-bond donors (Lipinski definition) is 1. The average Bonchev–Trinajstić information content (AvgIpc) is 2.37. The van der Waals surface area contributed by atoms with Gasteiger partial charge in [-0.3, -0.25) is 14.9 Å². The second-order valence-electron chi connectivity index (χ2n) is 3.59. The van der Waals surface area contributed by atoms with E-state index in [0.717, 1.165) is 0 Å². The van der Waals surface area contributed by atoms with Crippen LogP contribution >= 0.6 is 0 Å². The molecule has 0 saturated carbocycles. The van der Waals surface area contributed by atoms with Crippen LogP contribution in [-0.4, -0.2) is 27.5 Å². The summed E-state index contributed by atoms with van der Waals surface area (Å²) < 4.78 is 4.68. The first kappa shape index (κ1) is 12.7. The van der Waals surface area contributed by atoms with E-state index in [2.05, 4.69) is 14.7 Å². The zero-order valence-corrected chi connectivity index (χ0v) is 9.87. The van der Waals surface area contributed by atoms with E-state index < -0.39 is 22.1 Å². The van der Waals surface area contributed by atoms with Crippen LogP contribution in [0.15, 0.2) is 23.0 Å². The molecular formula is C11H9N3O5. The second-order valence-corrected chi connectivity index (χ2v) is 3.59. The number of rotatable bonds is 3. The zero-order chi connectivity index (χ0) is 14.0. The Kier molecular flexibility index (Phi) is 3.23. The molecule has 1 aromatic carbocycles. The fraction of sp³-hybridized carbons (Fsp3) is 0.182. The second kappa shape index (κ2) is 4.84. The van der Waals surface area contributed by atoms with Crippen LogP contribution in [0.5, 0.6) is 0 Å². The predicted octanol–water partition coefficient (Wildman–Crippen LogP) is 1.01. The Morgan fingerprint density at radius 3 is 2.89 bits per heavy atom. The molecule has 98 valence electrons. The molecule has 0 aliphatic rings. The van der Waals surface area contributed by atoms with Crippen molar-refractivity contribution in [1.29, 1.82) is 0 Å². The lowest BCUT2D eigenvalue weighted by Crippen LogP contribution is -2.22. The van der Waals surface area contributed by atoms with Crippen molar-refractivity contribution in [2.45, 2.75) is 6.92 Å². The molecule has 1 heterocycles. The predicted molar refractivity (Wildman–Crippen MR) is 65.0 cm³/mol. The summed E-state index contributed by atoms with van der Waals surface area (Å²) in [5.41, 5.74) is -0.836. The fourth-order valence-corrected chi connectivity index (χ4v) is 1.52. The summed E-state index contributed by atoms with van der Waals surface area (Å²) in [5.74, 6) is -0.864. The lowest BCUT2D eigenvalue weighted by atomic mass is 10.2. The smallest absolute Gasteiger partial charge is 0.362 e. The molecule has 0 saturated heterocycles. The van der Waals surface area contributed by atoms with Crippen molar-refractivity contribution in [3.63, 3.8) is 0 Å². The molecule has 0 radical (unpaired) electrons. The van der Waals surface area contributed by atoms with Crippen molar-refractivity contribution in [3.8, 4) is 0 Å². The molecule has 0 amide bonds. The van der Waals surface area contributed by atoms with Crippen molar-refractivity contribution in [2.24, 2.45) is 0 Å². The monoisotopic (exact) mass is 263 g/mol. The molecule has 0 spiro atoms. The van der Waals surface area contributed by atoms with Crippen molar-refractivity contribution >= 4 is 22.7 Å². The van der Waals surface area contributed by atoms with Gasteiger partial charge in [0.05, 0.1) is 22.6 Å². The maximum atomic E-state index is 11.6. The fourth-order valence-electron chi connectivity index (χ4n) is 1.52. The lowest BCUT2D eigenvalue weighted by Gasteiger charge is -2.02. The highest BCUT2D eigenvalue weighted by molar-refractivity contribution is 5.89. The number of esters is 1. The number of benzene rings is 1. The number of ether oxygens (including phenoxy) is 1. The Balaban J connectivity index is 2.61. The van der Waals surface area contributed by atoms with Crippen LogP contribution in [0.4, 0.5) is 5.69 Å². The Bertz CT molecular complexity index is 722. The van der Waals surface area contributed by atoms with Crippen LogP contribution in [0.2, 0.25) is 0 Å². The Hall–Kier alpha value is -2.77. The summed E-state index contributed by atoms with van der Waals surface area (Å²) in [6.45, 7) is 1.70. The molecule has 2 rings (SSSR count). The Morgan fingerprint density at radius 1 is 1.53 bits per heavy atom. The molecule has 1 N–H and O–H groups in total. The zero-order valence-electron chi connectivity index (χ0n) is 9.87. The van der Waals surface area contributed by atoms with Gasteiger partial charge in [-0.15, -0.1) is 0 Å². The number of hydrogen-bond acceptors (Lipinski definition) is 6. The highest BCUT2D eigenvalue weighted by atomic mass is 16.6. The van der Waals surface area contributed by atoms with E-state index in [-0.39, 0.29) is 17.8 Å². The van der Waals surface area contributed by atoms with Gasteiger partial charge in [-0.2, -0.15) is 0 Å². The number of carbonyl (C=O) groups is 1. The summed E-state index contributed by atoms with van der Waals surface area (Å²) in [6.07, 6.45) is 0. The average molecular weight is 263 g/mol. The third-order valence-corrected chi connectivity index (χ3v) is 2.36. The summed E-state index contributed by atoms with van der Waals surface area (Å²) in [4.78, 5) is 39.4.